The van der Waals surface area contributed by atoms with Crippen molar-refractivity contribution in [2.24, 2.45) is 5.73 Å². The molecule has 0 heterocycles. The molecular weight excluding hydrogens is 172 g/mol. The Morgan fingerprint density at radius 2 is 2.31 bits per heavy atom. The van der Waals surface area contributed by atoms with Crippen LogP contribution in [0.2, 0.25) is 0 Å². The lowest BCUT2D eigenvalue weighted by Gasteiger charge is -2.04. The Morgan fingerprint density at radius 3 is 2.85 bits per heavy atom. The number of hydrogen-bond acceptors (Lipinski definition) is 4. The Morgan fingerprint density at radius 1 is 1.62 bits per heavy atom. The zero-order valence-electron chi connectivity index (χ0n) is 7.32. The van der Waals surface area contributed by atoms with Gasteiger partial charge in [0, 0.05) is 6.54 Å². The molecule has 0 aromatic rings. The summed E-state index contributed by atoms with van der Waals surface area (Å²) in [4.78, 5) is 20.0. The molecule has 0 fully saturated rings. The minimum Gasteiger partial charge on any atom is -0.480 e. The van der Waals surface area contributed by atoms with Gasteiger partial charge in [-0.1, -0.05) is 0 Å². The zero-order chi connectivity index (χ0) is 10.1. The van der Waals surface area contributed by atoms with Crippen LogP contribution in [-0.4, -0.2) is 29.6 Å². The average molecular weight is 186 g/mol. The zero-order valence-corrected chi connectivity index (χ0v) is 7.32. The van der Waals surface area contributed by atoms with Crippen molar-refractivity contribution < 1.29 is 14.7 Å². The van der Waals surface area contributed by atoms with E-state index in [0.29, 0.717) is 13.0 Å². The molecule has 0 aliphatic heterocycles. The molecule has 0 aliphatic carbocycles. The molecule has 0 amide bonds. The minimum atomic E-state index is -0.972. The van der Waals surface area contributed by atoms with Gasteiger partial charge in [-0.25, -0.2) is 4.79 Å². The predicted octanol–water partition coefficient (Wildman–Crippen LogP) is -0.497. The molecule has 5 heteroatoms. The Kier molecular flexibility index (Phi) is 6.59. The standard InChI is InChI=1S/C8H14N2O3/c9-7(8(12)13)3-1-2-4-10-5-6-11/h5,7,10H,1-4,9H2,(H,12,13). The first kappa shape index (κ1) is 11.7. The Labute approximate surface area is 76.6 Å². The van der Waals surface area contributed by atoms with E-state index >= 15 is 0 Å². The van der Waals surface area contributed by atoms with E-state index in [1.54, 1.807) is 5.94 Å². The van der Waals surface area contributed by atoms with Gasteiger partial charge in [0.15, 0.2) is 0 Å². The van der Waals surface area contributed by atoms with Crippen molar-refractivity contribution in [1.29, 1.82) is 0 Å². The summed E-state index contributed by atoms with van der Waals surface area (Å²) in [5, 5.41) is 11.1. The van der Waals surface area contributed by atoms with Crippen molar-refractivity contribution in [3.63, 3.8) is 0 Å². The van der Waals surface area contributed by atoms with Crippen LogP contribution in [0.25, 0.3) is 0 Å². The number of rotatable bonds is 7. The van der Waals surface area contributed by atoms with Crippen molar-refractivity contribution in [3.8, 4) is 0 Å². The van der Waals surface area contributed by atoms with Gasteiger partial charge in [0.05, 0.1) is 6.20 Å². The van der Waals surface area contributed by atoms with Gasteiger partial charge in [0.25, 0.3) is 0 Å². The molecular formula is C8H14N2O3. The fourth-order valence-electron chi connectivity index (χ4n) is 0.829. The first-order chi connectivity index (χ1) is 6.18. The van der Waals surface area contributed by atoms with Gasteiger partial charge < -0.3 is 16.2 Å². The highest BCUT2D eigenvalue weighted by molar-refractivity contribution is 5.72. The molecule has 1 atom stereocenters. The SMILES string of the molecule is NC(CCCCNC=C=O)C(=O)O. The van der Waals surface area contributed by atoms with Gasteiger partial charge in [0.2, 0.25) is 0 Å². The lowest BCUT2D eigenvalue weighted by molar-refractivity contribution is -0.138. The van der Waals surface area contributed by atoms with E-state index in [2.05, 4.69) is 5.32 Å². The fourth-order valence-corrected chi connectivity index (χ4v) is 0.829. The molecule has 0 spiro atoms. The first-order valence-corrected chi connectivity index (χ1v) is 4.09. The highest BCUT2D eigenvalue weighted by Gasteiger charge is 2.09. The summed E-state index contributed by atoms with van der Waals surface area (Å²) < 4.78 is 0. The second kappa shape index (κ2) is 7.34. The topological polar surface area (TPSA) is 92.4 Å². The number of nitrogens with one attached hydrogen (secondary N) is 1. The average Bonchev–Trinajstić information content (AvgIpc) is 2.10. The van der Waals surface area contributed by atoms with Crippen LogP contribution in [0.4, 0.5) is 0 Å². The van der Waals surface area contributed by atoms with E-state index < -0.39 is 12.0 Å². The molecule has 0 bridgehead atoms. The quantitative estimate of drug-likeness (QED) is 0.368. The molecule has 0 rings (SSSR count). The number of hydrogen-bond donors (Lipinski definition) is 3. The maximum Gasteiger partial charge on any atom is 0.320 e. The van der Waals surface area contributed by atoms with Crippen LogP contribution in [0.15, 0.2) is 6.20 Å². The van der Waals surface area contributed by atoms with E-state index in [-0.39, 0.29) is 0 Å². The maximum atomic E-state index is 10.3. The van der Waals surface area contributed by atoms with Gasteiger partial charge in [-0.05, 0) is 19.3 Å². The van der Waals surface area contributed by atoms with Gasteiger partial charge in [0.1, 0.15) is 12.0 Å². The van der Waals surface area contributed by atoms with Crippen molar-refractivity contribution in [3.05, 3.63) is 6.20 Å². The number of nitrogens with two attached hydrogens (primary N) is 1. The highest BCUT2D eigenvalue weighted by atomic mass is 16.4. The van der Waals surface area contributed by atoms with Crippen LogP contribution in [0.5, 0.6) is 0 Å². The monoisotopic (exact) mass is 186 g/mol. The highest BCUT2D eigenvalue weighted by Crippen LogP contribution is 1.97. The van der Waals surface area contributed by atoms with Crippen molar-refractivity contribution in [2.75, 3.05) is 6.54 Å². The first-order valence-electron chi connectivity index (χ1n) is 4.09. The van der Waals surface area contributed by atoms with Crippen molar-refractivity contribution >= 4 is 11.9 Å². The Balaban J connectivity index is 3.25. The van der Waals surface area contributed by atoms with Crippen LogP contribution in [0, 0.1) is 0 Å². The normalized spacial score (nSPS) is 11.5. The van der Waals surface area contributed by atoms with E-state index in [0.717, 1.165) is 12.8 Å². The third-order valence-corrected chi connectivity index (χ3v) is 1.56. The third-order valence-electron chi connectivity index (χ3n) is 1.56. The van der Waals surface area contributed by atoms with Crippen LogP contribution < -0.4 is 11.1 Å². The predicted molar refractivity (Wildman–Crippen MR) is 47.7 cm³/mol. The Hall–Kier alpha value is -1.32. The number of unbranched alkanes of at least 4 members (excludes halogenated alkanes) is 1. The summed E-state index contributed by atoms with van der Waals surface area (Å²) in [6.07, 6.45) is 3.17. The summed E-state index contributed by atoms with van der Waals surface area (Å²) in [5.74, 6) is 0.609. The number of carboxylic acids is 1. The third kappa shape index (κ3) is 7.05. The molecule has 0 saturated carbocycles. The summed E-state index contributed by atoms with van der Waals surface area (Å²) in [6.45, 7) is 0.640. The van der Waals surface area contributed by atoms with Crippen LogP contribution >= 0.6 is 0 Å². The van der Waals surface area contributed by atoms with Gasteiger partial charge >= 0.3 is 5.97 Å². The molecule has 0 radical (unpaired) electrons. The second-order valence-electron chi connectivity index (χ2n) is 2.66. The van der Waals surface area contributed by atoms with Gasteiger partial charge in [-0.15, -0.1) is 0 Å². The molecule has 0 aromatic carbocycles. The molecule has 4 N–H and O–H groups in total. The van der Waals surface area contributed by atoms with E-state index in [9.17, 15) is 9.59 Å². The lowest BCUT2D eigenvalue weighted by Crippen LogP contribution is -2.29. The van der Waals surface area contributed by atoms with Crippen LogP contribution in [0.1, 0.15) is 19.3 Å². The van der Waals surface area contributed by atoms with Gasteiger partial charge in [-0.2, -0.15) is 0 Å². The molecule has 5 nitrogen and oxygen atoms in total. The molecule has 0 saturated heterocycles. The molecule has 13 heavy (non-hydrogen) atoms. The smallest absolute Gasteiger partial charge is 0.320 e. The second-order valence-corrected chi connectivity index (χ2v) is 2.66. The lowest BCUT2D eigenvalue weighted by atomic mass is 10.1. The number of carbonyl (C=O) groups is 1. The number of carbonyl (C=O) groups excluding carboxylic acids is 1. The molecule has 0 aromatic heterocycles. The Bertz CT molecular complexity index is 200. The number of carboxylic acid groups (broad SMARTS) is 1. The van der Waals surface area contributed by atoms with E-state index in [1.807, 2.05) is 0 Å². The minimum absolute atomic E-state index is 0.460. The number of aliphatic carboxylic acids is 1. The van der Waals surface area contributed by atoms with E-state index in [1.165, 1.54) is 6.20 Å². The van der Waals surface area contributed by atoms with Crippen LogP contribution in [0.3, 0.4) is 0 Å². The fraction of sp³-hybridized carbons (Fsp3) is 0.625. The largest absolute Gasteiger partial charge is 0.480 e. The van der Waals surface area contributed by atoms with E-state index in [4.69, 9.17) is 10.8 Å². The van der Waals surface area contributed by atoms with Crippen molar-refractivity contribution in [2.45, 2.75) is 25.3 Å². The maximum absolute atomic E-state index is 10.3. The molecule has 0 aliphatic rings. The summed E-state index contributed by atoms with van der Waals surface area (Å²) in [5.41, 5.74) is 5.27. The van der Waals surface area contributed by atoms with Crippen LogP contribution in [-0.2, 0) is 9.59 Å². The van der Waals surface area contributed by atoms with Gasteiger partial charge in [-0.3, -0.25) is 4.79 Å². The van der Waals surface area contributed by atoms with Crippen molar-refractivity contribution in [1.82, 2.24) is 5.32 Å². The summed E-state index contributed by atoms with van der Waals surface area (Å²) in [7, 11) is 0. The summed E-state index contributed by atoms with van der Waals surface area (Å²) in [6, 6.07) is -0.776. The molecule has 74 valence electrons. The molecule has 1 unspecified atom stereocenters. The summed E-state index contributed by atoms with van der Waals surface area (Å²) >= 11 is 0.